The quantitative estimate of drug-likeness (QED) is 0.376. The van der Waals surface area contributed by atoms with Gasteiger partial charge in [-0.05, 0) is 23.8 Å². The van der Waals surface area contributed by atoms with Crippen molar-refractivity contribution in [2.45, 2.75) is 2.14 Å². The fourth-order valence-corrected chi connectivity index (χ4v) is 2.83. The number of hydrogen-bond donors (Lipinski definition) is 0. The van der Waals surface area contributed by atoms with E-state index >= 15 is 0 Å². The third-order valence-corrected chi connectivity index (χ3v) is 4.39. The Morgan fingerprint density at radius 3 is 2.24 bits per heavy atom. The summed E-state index contributed by atoms with van der Waals surface area (Å²) in [6, 6.07) is 16.4. The van der Waals surface area contributed by atoms with Crippen LogP contribution in [0.3, 0.4) is 0 Å². The first kappa shape index (κ1) is 15.1. The fourth-order valence-electron chi connectivity index (χ4n) is 2.22. The van der Waals surface area contributed by atoms with Crippen LogP contribution in [0, 0.1) is 5.82 Å². The number of hydrogen-bond acceptors (Lipinski definition) is 1. The zero-order valence-corrected chi connectivity index (χ0v) is 15.4. The predicted molar refractivity (Wildman–Crippen MR) is 95.6 cm³/mol. The van der Waals surface area contributed by atoms with Crippen LogP contribution in [0.25, 0.3) is 22.0 Å². The van der Waals surface area contributed by atoms with Gasteiger partial charge in [0.25, 0.3) is 0 Å². The number of benzene rings is 2. The number of aromatic nitrogens is 1. The summed E-state index contributed by atoms with van der Waals surface area (Å²) in [7, 11) is 0. The van der Waals surface area contributed by atoms with E-state index in [1.807, 2.05) is 36.4 Å². The van der Waals surface area contributed by atoms with Gasteiger partial charge in [0.2, 0.25) is 0 Å². The Labute approximate surface area is 147 Å². The van der Waals surface area contributed by atoms with Crippen LogP contribution in [0.15, 0.2) is 54.6 Å². The second-order valence-corrected chi connectivity index (χ2v) is 11.3. The molecule has 2 aromatic carbocycles. The zero-order valence-electron chi connectivity index (χ0n) is 10.7. The smallest absolute Gasteiger partial charge is 0.176 e. The summed E-state index contributed by atoms with van der Waals surface area (Å²) in [6.45, 7) is 0. The van der Waals surface area contributed by atoms with Crippen LogP contribution in [-0.4, -0.2) is 4.98 Å². The van der Waals surface area contributed by atoms with Crippen molar-refractivity contribution in [2.24, 2.45) is 0 Å². The topological polar surface area (TPSA) is 12.9 Å². The number of para-hydroxylation sites is 1. The van der Waals surface area contributed by atoms with E-state index in [-0.39, 0.29) is 5.82 Å². The van der Waals surface area contributed by atoms with Crippen molar-refractivity contribution in [3.8, 4) is 11.1 Å². The summed E-state index contributed by atoms with van der Waals surface area (Å²) in [6.07, 6.45) is 0. The van der Waals surface area contributed by atoms with Crippen molar-refractivity contribution in [2.75, 3.05) is 0 Å². The second kappa shape index (κ2) is 5.78. The van der Waals surface area contributed by atoms with E-state index in [1.165, 1.54) is 6.07 Å². The molecule has 0 fully saturated rings. The van der Waals surface area contributed by atoms with Crippen LogP contribution in [0.5, 0.6) is 0 Å². The molecule has 0 saturated carbocycles. The third-order valence-electron chi connectivity index (χ3n) is 3.17. The lowest BCUT2D eigenvalue weighted by molar-refractivity contribution is 0.631. The molecule has 106 valence electrons. The van der Waals surface area contributed by atoms with E-state index in [9.17, 15) is 4.39 Å². The van der Waals surface area contributed by atoms with Crippen molar-refractivity contribution >= 4 is 58.7 Å². The molecule has 0 saturated heterocycles. The van der Waals surface area contributed by atoms with Gasteiger partial charge in [-0.3, -0.25) is 0 Å². The van der Waals surface area contributed by atoms with Crippen LogP contribution in [0.4, 0.5) is 4.39 Å². The van der Waals surface area contributed by atoms with Crippen molar-refractivity contribution < 1.29 is 4.39 Å². The number of fused-ring (bicyclic) bond motifs is 1. The van der Waals surface area contributed by atoms with Gasteiger partial charge < -0.3 is 0 Å². The van der Waals surface area contributed by atoms with Gasteiger partial charge >= 0.3 is 0 Å². The Bertz CT molecular complexity index is 812. The van der Waals surface area contributed by atoms with Crippen LogP contribution < -0.4 is 0 Å². The van der Waals surface area contributed by atoms with E-state index in [1.54, 1.807) is 12.1 Å². The molecular weight excluding hydrogens is 465 g/mol. The first-order valence-electron chi connectivity index (χ1n) is 6.19. The molecule has 0 aliphatic rings. The number of alkyl halides is 3. The SMILES string of the molecule is Fc1ccccc1-c1cc(C(Br)(Br)Br)nc2ccccc12. The molecule has 1 aromatic heterocycles. The van der Waals surface area contributed by atoms with E-state index in [2.05, 4.69) is 52.8 Å². The van der Waals surface area contributed by atoms with Crippen LogP contribution in [0.2, 0.25) is 0 Å². The lowest BCUT2D eigenvalue weighted by Crippen LogP contribution is -2.03. The maximum absolute atomic E-state index is 14.2. The van der Waals surface area contributed by atoms with Gasteiger partial charge in [0.15, 0.2) is 2.14 Å². The van der Waals surface area contributed by atoms with Gasteiger partial charge in [0.1, 0.15) is 5.82 Å². The highest BCUT2D eigenvalue weighted by Gasteiger charge is 2.24. The summed E-state index contributed by atoms with van der Waals surface area (Å²) < 4.78 is 13.5. The molecule has 0 aliphatic carbocycles. The van der Waals surface area contributed by atoms with E-state index in [0.29, 0.717) is 5.56 Å². The lowest BCUT2D eigenvalue weighted by atomic mass is 10.00. The molecule has 0 aliphatic heterocycles. The normalized spacial score (nSPS) is 11.8. The van der Waals surface area contributed by atoms with E-state index in [0.717, 1.165) is 22.2 Å². The molecule has 5 heteroatoms. The molecule has 0 spiro atoms. The summed E-state index contributed by atoms with van der Waals surface area (Å²) >= 11 is 10.4. The molecule has 21 heavy (non-hydrogen) atoms. The minimum atomic E-state index is -0.642. The predicted octanol–water partition coefficient (Wildman–Crippen LogP) is 6.34. The van der Waals surface area contributed by atoms with Crippen molar-refractivity contribution in [1.29, 1.82) is 0 Å². The van der Waals surface area contributed by atoms with Crippen molar-refractivity contribution in [3.05, 3.63) is 66.1 Å². The molecule has 0 atom stereocenters. The summed E-state index contributed by atoms with van der Waals surface area (Å²) in [5.41, 5.74) is 2.92. The average Bonchev–Trinajstić information content (AvgIpc) is 2.46. The summed E-state index contributed by atoms with van der Waals surface area (Å²) in [5, 5.41) is 0.920. The van der Waals surface area contributed by atoms with Crippen molar-refractivity contribution in [3.63, 3.8) is 0 Å². The Balaban J connectivity index is 2.38. The van der Waals surface area contributed by atoms with Gasteiger partial charge in [0.05, 0.1) is 11.2 Å². The maximum Gasteiger partial charge on any atom is 0.176 e. The Kier molecular flexibility index (Phi) is 4.17. The third kappa shape index (κ3) is 3.05. The molecule has 3 rings (SSSR count). The molecule has 0 radical (unpaired) electrons. The highest BCUT2D eigenvalue weighted by molar-refractivity contribution is 9.38. The molecule has 1 nitrogen and oxygen atoms in total. The summed E-state index contributed by atoms with van der Waals surface area (Å²) in [5.74, 6) is -0.246. The minimum absolute atomic E-state index is 0.246. The molecule has 0 unspecified atom stereocenters. The largest absolute Gasteiger partial charge is 0.249 e. The van der Waals surface area contributed by atoms with Crippen LogP contribution in [-0.2, 0) is 2.14 Å². The second-order valence-electron chi connectivity index (χ2n) is 4.55. The van der Waals surface area contributed by atoms with Gasteiger partial charge in [-0.1, -0.05) is 84.2 Å². The van der Waals surface area contributed by atoms with Gasteiger partial charge in [0, 0.05) is 10.9 Å². The van der Waals surface area contributed by atoms with Crippen molar-refractivity contribution in [1.82, 2.24) is 4.98 Å². The fraction of sp³-hybridized carbons (Fsp3) is 0.0625. The lowest BCUT2D eigenvalue weighted by Gasteiger charge is -2.16. The highest BCUT2D eigenvalue weighted by Crippen LogP contribution is 2.45. The van der Waals surface area contributed by atoms with E-state index < -0.39 is 2.14 Å². The minimum Gasteiger partial charge on any atom is -0.249 e. The summed E-state index contributed by atoms with van der Waals surface area (Å²) in [4.78, 5) is 4.60. The molecule has 3 aromatic rings. The first-order valence-corrected chi connectivity index (χ1v) is 8.56. The Morgan fingerprint density at radius 2 is 1.52 bits per heavy atom. The van der Waals surface area contributed by atoms with Crippen LogP contribution >= 0.6 is 47.8 Å². The van der Waals surface area contributed by atoms with Gasteiger partial charge in [-0.2, -0.15) is 0 Å². The molecule has 0 N–H and O–H groups in total. The average molecular weight is 474 g/mol. The first-order chi connectivity index (χ1) is 9.97. The standard InChI is InChI=1S/C16H9Br3FN/c17-16(18,19)15-9-12(10-5-1-3-7-13(10)20)11-6-2-4-8-14(11)21-15/h1-9H. The monoisotopic (exact) mass is 471 g/mol. The maximum atomic E-state index is 14.2. The number of halogens is 4. The molecule has 0 amide bonds. The Morgan fingerprint density at radius 1 is 0.857 bits per heavy atom. The van der Waals surface area contributed by atoms with Gasteiger partial charge in [-0.25, -0.2) is 9.37 Å². The Hall–Kier alpha value is -0.780. The number of pyridine rings is 1. The molecule has 1 heterocycles. The number of nitrogens with zero attached hydrogens (tertiary/aromatic N) is 1. The van der Waals surface area contributed by atoms with E-state index in [4.69, 9.17) is 0 Å². The molecule has 0 bridgehead atoms. The van der Waals surface area contributed by atoms with Crippen LogP contribution in [0.1, 0.15) is 5.69 Å². The highest BCUT2D eigenvalue weighted by atomic mass is 80.0. The molecular formula is C16H9Br3FN. The van der Waals surface area contributed by atoms with Gasteiger partial charge in [-0.15, -0.1) is 0 Å². The zero-order chi connectivity index (χ0) is 15.0. The number of rotatable bonds is 1.